The van der Waals surface area contributed by atoms with E-state index in [9.17, 15) is 15.0 Å². The van der Waals surface area contributed by atoms with E-state index in [1.54, 1.807) is 18.3 Å². The van der Waals surface area contributed by atoms with Gasteiger partial charge in [-0.1, -0.05) is 6.58 Å². The van der Waals surface area contributed by atoms with Gasteiger partial charge in [-0.15, -0.1) is 0 Å². The second-order valence-electron chi connectivity index (χ2n) is 4.22. The molecule has 3 rings (SSSR count). The third kappa shape index (κ3) is 1.81. The van der Waals surface area contributed by atoms with Crippen LogP contribution in [-0.2, 0) is 0 Å². The summed E-state index contributed by atoms with van der Waals surface area (Å²) in [5.41, 5.74) is 0.317. The average Bonchev–Trinajstić information content (AvgIpc) is 2.88. The van der Waals surface area contributed by atoms with Gasteiger partial charge in [0, 0.05) is 5.39 Å². The van der Waals surface area contributed by atoms with E-state index >= 15 is 0 Å². The highest BCUT2D eigenvalue weighted by molar-refractivity contribution is 5.79. The number of aromatic hydroxyl groups is 1. The lowest BCUT2D eigenvalue weighted by atomic mass is 10.2. The number of H-pyrrole nitrogens is 1. The Balaban J connectivity index is 2.23. The van der Waals surface area contributed by atoms with Crippen LogP contribution in [0, 0.1) is 0 Å². The van der Waals surface area contributed by atoms with Crippen molar-refractivity contribution in [3.05, 3.63) is 53.1 Å². The van der Waals surface area contributed by atoms with Gasteiger partial charge in [-0.25, -0.2) is 4.68 Å². The van der Waals surface area contributed by atoms with Crippen LogP contribution in [0.1, 0.15) is 5.69 Å². The van der Waals surface area contributed by atoms with Gasteiger partial charge in [-0.2, -0.15) is 10.2 Å². The summed E-state index contributed by atoms with van der Waals surface area (Å²) in [6, 6.07) is 5.32. The highest BCUT2D eigenvalue weighted by Gasteiger charge is 2.12. The van der Waals surface area contributed by atoms with Crippen LogP contribution in [0.3, 0.4) is 0 Å². The average molecular weight is 270 g/mol. The van der Waals surface area contributed by atoms with Crippen LogP contribution >= 0.6 is 0 Å². The van der Waals surface area contributed by atoms with Crippen LogP contribution in [0.15, 0.2) is 42.0 Å². The number of benzene rings is 1. The maximum Gasteiger partial charge on any atom is 0.252 e. The zero-order chi connectivity index (χ0) is 14.3. The van der Waals surface area contributed by atoms with Gasteiger partial charge in [0.25, 0.3) is 5.43 Å². The molecule has 20 heavy (non-hydrogen) atoms. The van der Waals surface area contributed by atoms with Crippen molar-refractivity contribution < 1.29 is 10.2 Å². The molecule has 0 unspecified atom stereocenters. The van der Waals surface area contributed by atoms with Gasteiger partial charge in [-0.05, 0) is 18.2 Å². The first kappa shape index (κ1) is 12.0. The summed E-state index contributed by atoms with van der Waals surface area (Å²) in [7, 11) is 0. The van der Waals surface area contributed by atoms with Gasteiger partial charge in [0.1, 0.15) is 5.76 Å². The molecule has 0 radical (unpaired) electrons. The van der Waals surface area contributed by atoms with E-state index in [2.05, 4.69) is 21.9 Å². The molecule has 0 aliphatic rings. The Bertz CT molecular complexity index is 879. The number of hydrogen-bond acceptors (Lipinski definition) is 5. The Labute approximate surface area is 112 Å². The molecule has 1 aromatic carbocycles. The molecule has 0 amide bonds. The van der Waals surface area contributed by atoms with E-state index in [4.69, 9.17) is 0 Å². The molecule has 0 saturated heterocycles. The van der Waals surface area contributed by atoms with Crippen molar-refractivity contribution >= 4 is 16.7 Å². The third-order valence-electron chi connectivity index (χ3n) is 2.86. The fraction of sp³-hybridized carbons (Fsp3) is 0. The maximum atomic E-state index is 11.6. The van der Waals surface area contributed by atoms with Crippen LogP contribution in [0.4, 0.5) is 0 Å². The van der Waals surface area contributed by atoms with Crippen molar-refractivity contribution in [1.29, 1.82) is 0 Å². The maximum absolute atomic E-state index is 11.6. The van der Waals surface area contributed by atoms with Gasteiger partial charge in [0.15, 0.2) is 11.4 Å². The fourth-order valence-electron chi connectivity index (χ4n) is 1.87. The van der Waals surface area contributed by atoms with Crippen LogP contribution in [0.2, 0.25) is 0 Å². The quantitative estimate of drug-likeness (QED) is 0.610. The van der Waals surface area contributed by atoms with Crippen LogP contribution in [0.25, 0.3) is 22.3 Å². The van der Waals surface area contributed by atoms with Crippen molar-refractivity contribution in [2.45, 2.75) is 0 Å². The Morgan fingerprint density at radius 1 is 1.40 bits per heavy atom. The first-order chi connectivity index (χ1) is 9.56. The number of aromatic amines is 1. The van der Waals surface area contributed by atoms with Crippen molar-refractivity contribution in [3.8, 4) is 11.4 Å². The summed E-state index contributed by atoms with van der Waals surface area (Å²) in [5, 5.41) is 30.6. The molecule has 7 heteroatoms. The second kappa shape index (κ2) is 4.23. The molecule has 7 nitrogen and oxygen atoms in total. The van der Waals surface area contributed by atoms with Crippen LogP contribution in [-0.4, -0.2) is 30.2 Å². The molecule has 0 atom stereocenters. The molecular weight excluding hydrogens is 260 g/mol. The lowest BCUT2D eigenvalue weighted by Crippen LogP contribution is -2.16. The normalized spacial score (nSPS) is 10.8. The topological polar surface area (TPSA) is 104 Å². The van der Waals surface area contributed by atoms with E-state index in [-0.39, 0.29) is 5.69 Å². The minimum absolute atomic E-state index is 0.297. The Morgan fingerprint density at radius 2 is 2.20 bits per heavy atom. The Hall–Kier alpha value is -3.09. The SMILES string of the molecule is C=C(O)c1nn(-c2ccc3cn[nH]c3c2)cc(O)c1=O. The molecular formula is C13H10N4O3. The summed E-state index contributed by atoms with van der Waals surface area (Å²) in [5.74, 6) is -1.02. The minimum atomic E-state index is -0.767. The lowest BCUT2D eigenvalue weighted by Gasteiger charge is -2.08. The van der Waals surface area contributed by atoms with Crippen molar-refractivity contribution in [2.24, 2.45) is 0 Å². The van der Waals surface area contributed by atoms with Gasteiger partial charge >= 0.3 is 0 Å². The van der Waals surface area contributed by atoms with Crippen molar-refractivity contribution in [2.75, 3.05) is 0 Å². The van der Waals surface area contributed by atoms with Gasteiger partial charge < -0.3 is 10.2 Å². The molecule has 2 aromatic heterocycles. The zero-order valence-electron chi connectivity index (χ0n) is 10.2. The number of aliphatic hydroxyl groups excluding tert-OH is 1. The highest BCUT2D eigenvalue weighted by Crippen LogP contribution is 2.17. The van der Waals surface area contributed by atoms with Gasteiger partial charge in [0.05, 0.1) is 23.6 Å². The summed E-state index contributed by atoms with van der Waals surface area (Å²) in [4.78, 5) is 11.6. The van der Waals surface area contributed by atoms with Gasteiger partial charge in [-0.3, -0.25) is 9.89 Å². The third-order valence-corrected chi connectivity index (χ3v) is 2.86. The number of nitrogens with zero attached hydrogens (tertiary/aromatic N) is 3. The van der Waals surface area contributed by atoms with E-state index in [1.807, 2.05) is 6.07 Å². The largest absolute Gasteiger partial charge is 0.506 e. The number of hydrogen-bond donors (Lipinski definition) is 3. The Morgan fingerprint density at radius 3 is 2.95 bits per heavy atom. The molecule has 0 aliphatic carbocycles. The van der Waals surface area contributed by atoms with Crippen molar-refractivity contribution in [1.82, 2.24) is 20.0 Å². The van der Waals surface area contributed by atoms with E-state index in [0.717, 1.165) is 10.9 Å². The zero-order valence-corrected chi connectivity index (χ0v) is 10.2. The lowest BCUT2D eigenvalue weighted by molar-refractivity contribution is 0.455. The number of nitrogens with one attached hydrogen (secondary N) is 1. The fourth-order valence-corrected chi connectivity index (χ4v) is 1.87. The predicted molar refractivity (Wildman–Crippen MR) is 72.8 cm³/mol. The molecule has 0 bridgehead atoms. The molecule has 0 aliphatic heterocycles. The molecule has 0 spiro atoms. The first-order valence-corrected chi connectivity index (χ1v) is 5.71. The Kier molecular flexibility index (Phi) is 2.53. The summed E-state index contributed by atoms with van der Waals surface area (Å²) in [6.07, 6.45) is 2.85. The molecule has 100 valence electrons. The first-order valence-electron chi connectivity index (χ1n) is 5.71. The van der Waals surface area contributed by atoms with Crippen LogP contribution in [0.5, 0.6) is 5.75 Å². The number of rotatable bonds is 2. The monoisotopic (exact) mass is 270 g/mol. The smallest absolute Gasteiger partial charge is 0.252 e. The van der Waals surface area contributed by atoms with E-state index in [0.29, 0.717) is 5.69 Å². The molecule has 3 aromatic rings. The molecule has 0 fully saturated rings. The van der Waals surface area contributed by atoms with Crippen molar-refractivity contribution in [3.63, 3.8) is 0 Å². The highest BCUT2D eigenvalue weighted by atomic mass is 16.3. The molecule has 0 saturated carbocycles. The van der Waals surface area contributed by atoms with E-state index < -0.39 is 16.9 Å². The van der Waals surface area contributed by atoms with Crippen LogP contribution < -0.4 is 5.43 Å². The molecule has 2 heterocycles. The number of aliphatic hydroxyl groups is 1. The summed E-state index contributed by atoms with van der Waals surface area (Å²) >= 11 is 0. The minimum Gasteiger partial charge on any atom is -0.506 e. The number of aromatic nitrogens is 4. The van der Waals surface area contributed by atoms with E-state index in [1.165, 1.54) is 10.9 Å². The van der Waals surface area contributed by atoms with Gasteiger partial charge in [0.2, 0.25) is 0 Å². The predicted octanol–water partition coefficient (Wildman–Crippen LogP) is 1.34. The summed E-state index contributed by atoms with van der Waals surface area (Å²) in [6.45, 7) is 3.26. The second-order valence-corrected chi connectivity index (χ2v) is 4.22. The number of fused-ring (bicyclic) bond motifs is 1. The molecule has 3 N–H and O–H groups in total. The standard InChI is InChI=1S/C13H10N4O3/c1-7(18)12-13(20)11(19)6-17(16-12)9-3-2-8-5-14-15-10(8)4-9/h2-6,18-19H,1H2,(H,14,15). The summed E-state index contributed by atoms with van der Waals surface area (Å²) < 4.78 is 1.29.